The summed E-state index contributed by atoms with van der Waals surface area (Å²) in [6.07, 6.45) is -20.0. The van der Waals surface area contributed by atoms with Crippen molar-refractivity contribution < 1.29 is 43.9 Å². The van der Waals surface area contributed by atoms with Crippen molar-refractivity contribution in [3.63, 3.8) is 0 Å². The van der Waals surface area contributed by atoms with Gasteiger partial charge in [-0.1, -0.05) is 0 Å². The highest BCUT2D eigenvalue weighted by atomic mass is 79.9. The van der Waals surface area contributed by atoms with Crippen LogP contribution in [-0.4, -0.2) is 18.8 Å². The van der Waals surface area contributed by atoms with E-state index in [9.17, 15) is 43.9 Å². The van der Waals surface area contributed by atoms with Crippen molar-refractivity contribution in [2.45, 2.75) is 30.6 Å². The van der Waals surface area contributed by atoms with E-state index in [1.54, 1.807) is 0 Å². The van der Waals surface area contributed by atoms with E-state index >= 15 is 0 Å². The van der Waals surface area contributed by atoms with Crippen LogP contribution in [0, 0.1) is 0 Å². The van der Waals surface area contributed by atoms with Crippen molar-refractivity contribution >= 4 is 21.6 Å². The van der Waals surface area contributed by atoms with Crippen LogP contribution in [0.1, 0.15) is 17.3 Å². The quantitative estimate of drug-likeness (QED) is 0.499. The van der Waals surface area contributed by atoms with Gasteiger partial charge < -0.3 is 5.73 Å². The highest BCUT2D eigenvalue weighted by molar-refractivity contribution is 9.10. The SMILES string of the molecule is Nc1c(Br)cc(C(F)(C(F)(F)F)C(F)(F)F)cc1C(F)C(F)F. The van der Waals surface area contributed by atoms with Gasteiger partial charge in [-0.05, 0) is 28.1 Å². The highest BCUT2D eigenvalue weighted by Crippen LogP contribution is 2.54. The standard InChI is InChI=1S/C11H6BrF10N/c12-5-2-3(1-4(7(5)23)6(13)8(14)15)9(16,10(17,18)19)11(20,21)22/h1-2,6,8H,23H2. The maximum atomic E-state index is 13.9. The van der Waals surface area contributed by atoms with Crippen molar-refractivity contribution in [2.24, 2.45) is 0 Å². The first-order valence-corrected chi connectivity index (χ1v) is 6.27. The minimum Gasteiger partial charge on any atom is -0.398 e. The Hall–Kier alpha value is -1.20. The van der Waals surface area contributed by atoms with Crippen LogP contribution in [0.25, 0.3) is 0 Å². The lowest BCUT2D eigenvalue weighted by Crippen LogP contribution is -2.50. The zero-order chi connectivity index (χ0) is 18.4. The highest BCUT2D eigenvalue weighted by Gasteiger charge is 2.73. The second kappa shape index (κ2) is 6.02. The lowest BCUT2D eigenvalue weighted by molar-refractivity contribution is -0.348. The van der Waals surface area contributed by atoms with E-state index in [2.05, 4.69) is 15.9 Å². The zero-order valence-corrected chi connectivity index (χ0v) is 12.1. The third kappa shape index (κ3) is 3.36. The Kier molecular flexibility index (Phi) is 5.20. The van der Waals surface area contributed by atoms with Crippen LogP contribution in [0.5, 0.6) is 0 Å². The van der Waals surface area contributed by atoms with E-state index < -0.39 is 51.9 Å². The fourth-order valence-corrected chi connectivity index (χ4v) is 2.17. The van der Waals surface area contributed by atoms with Gasteiger partial charge in [0.2, 0.25) is 0 Å². The fraction of sp³-hybridized carbons (Fsp3) is 0.455. The summed E-state index contributed by atoms with van der Waals surface area (Å²) in [5, 5.41) is 0. The lowest BCUT2D eigenvalue weighted by Gasteiger charge is -2.31. The molecule has 1 atom stereocenters. The number of anilines is 1. The van der Waals surface area contributed by atoms with E-state index in [1.807, 2.05) is 0 Å². The minimum absolute atomic E-state index is 0.0119. The van der Waals surface area contributed by atoms with E-state index in [4.69, 9.17) is 5.73 Å². The summed E-state index contributed by atoms with van der Waals surface area (Å²) in [6.45, 7) is 0. The summed E-state index contributed by atoms with van der Waals surface area (Å²) in [7, 11) is 0. The van der Waals surface area contributed by atoms with Gasteiger partial charge in [0.1, 0.15) is 0 Å². The summed E-state index contributed by atoms with van der Waals surface area (Å²) in [5.74, 6) is 0. The molecule has 23 heavy (non-hydrogen) atoms. The molecule has 2 N–H and O–H groups in total. The number of hydrogen-bond donors (Lipinski definition) is 1. The Balaban J connectivity index is 3.71. The molecule has 0 bridgehead atoms. The Labute approximate surface area is 130 Å². The van der Waals surface area contributed by atoms with Crippen LogP contribution in [0.3, 0.4) is 0 Å². The minimum atomic E-state index is -6.46. The molecule has 1 nitrogen and oxygen atoms in total. The molecule has 0 amide bonds. The summed E-state index contributed by atoms with van der Waals surface area (Å²) in [5.41, 5.74) is -5.11. The average molecular weight is 422 g/mol. The Bertz CT molecular complexity index is 565. The van der Waals surface area contributed by atoms with Crippen molar-refractivity contribution in [3.8, 4) is 0 Å². The van der Waals surface area contributed by atoms with Gasteiger partial charge in [-0.25, -0.2) is 17.6 Å². The van der Waals surface area contributed by atoms with Crippen LogP contribution in [0.2, 0.25) is 0 Å². The van der Waals surface area contributed by atoms with Gasteiger partial charge in [-0.3, -0.25) is 0 Å². The van der Waals surface area contributed by atoms with Crippen molar-refractivity contribution in [1.29, 1.82) is 0 Å². The first kappa shape index (κ1) is 19.8. The molecule has 1 aromatic rings. The molecule has 12 heteroatoms. The molecule has 0 radical (unpaired) electrons. The Morgan fingerprint density at radius 2 is 1.30 bits per heavy atom. The molecule has 0 aliphatic carbocycles. The van der Waals surface area contributed by atoms with Crippen molar-refractivity contribution in [3.05, 3.63) is 27.7 Å². The molecule has 1 unspecified atom stereocenters. The predicted molar refractivity (Wildman–Crippen MR) is 63.3 cm³/mol. The van der Waals surface area contributed by atoms with Crippen LogP contribution >= 0.6 is 15.9 Å². The second-order valence-corrected chi connectivity index (χ2v) is 5.21. The molecule has 0 fully saturated rings. The third-order valence-electron chi connectivity index (χ3n) is 2.86. The first-order chi connectivity index (χ1) is 10.1. The molecule has 0 aliphatic rings. The van der Waals surface area contributed by atoms with Gasteiger partial charge in [0, 0.05) is 15.6 Å². The number of benzene rings is 1. The maximum absolute atomic E-state index is 13.9. The number of hydrogen-bond acceptors (Lipinski definition) is 1. The molecule has 0 aromatic heterocycles. The van der Waals surface area contributed by atoms with Gasteiger partial charge in [0.15, 0.2) is 6.17 Å². The molecule has 0 heterocycles. The van der Waals surface area contributed by atoms with Gasteiger partial charge in [0.05, 0.1) is 5.69 Å². The molecule has 0 saturated heterocycles. The normalized spacial score (nSPS) is 15.1. The maximum Gasteiger partial charge on any atom is 0.435 e. The second-order valence-electron chi connectivity index (χ2n) is 4.35. The van der Waals surface area contributed by atoms with E-state index in [0.29, 0.717) is 0 Å². The molecule has 0 saturated carbocycles. The van der Waals surface area contributed by atoms with E-state index in [0.717, 1.165) is 0 Å². The fourth-order valence-electron chi connectivity index (χ4n) is 1.69. The summed E-state index contributed by atoms with van der Waals surface area (Å²) in [6, 6.07) is -0.296. The van der Waals surface area contributed by atoms with Crippen LogP contribution in [0.4, 0.5) is 49.6 Å². The molecule has 132 valence electrons. The summed E-state index contributed by atoms with van der Waals surface area (Å²) in [4.78, 5) is 0. The Morgan fingerprint density at radius 1 is 0.870 bits per heavy atom. The largest absolute Gasteiger partial charge is 0.435 e. The van der Waals surface area contributed by atoms with E-state index in [1.165, 1.54) is 0 Å². The smallest absolute Gasteiger partial charge is 0.398 e. The zero-order valence-electron chi connectivity index (χ0n) is 10.5. The van der Waals surface area contributed by atoms with Gasteiger partial charge in [0.25, 0.3) is 6.43 Å². The molecule has 1 rings (SSSR count). The van der Waals surface area contributed by atoms with Crippen molar-refractivity contribution in [1.82, 2.24) is 0 Å². The van der Waals surface area contributed by atoms with Gasteiger partial charge in [-0.15, -0.1) is 0 Å². The van der Waals surface area contributed by atoms with Crippen LogP contribution < -0.4 is 5.73 Å². The molecule has 0 aliphatic heterocycles. The van der Waals surface area contributed by atoms with Crippen LogP contribution in [0.15, 0.2) is 16.6 Å². The average Bonchev–Trinajstić information content (AvgIpc) is 2.37. The van der Waals surface area contributed by atoms with Gasteiger partial charge >= 0.3 is 18.0 Å². The topological polar surface area (TPSA) is 26.0 Å². The summed E-state index contributed by atoms with van der Waals surface area (Å²) >= 11 is 2.40. The van der Waals surface area contributed by atoms with E-state index in [-0.39, 0.29) is 12.1 Å². The molecule has 1 aromatic carbocycles. The number of halogens is 11. The van der Waals surface area contributed by atoms with Crippen molar-refractivity contribution in [2.75, 3.05) is 5.73 Å². The predicted octanol–water partition coefficient (Wildman–Crippen LogP) is 5.60. The molecular weight excluding hydrogens is 416 g/mol. The Morgan fingerprint density at radius 3 is 1.65 bits per heavy atom. The molecule has 0 spiro atoms. The first-order valence-electron chi connectivity index (χ1n) is 5.48. The molecular formula is C11H6BrF10N. The summed E-state index contributed by atoms with van der Waals surface area (Å²) < 4.78 is 127. The third-order valence-corrected chi connectivity index (χ3v) is 3.51. The lowest BCUT2D eigenvalue weighted by atomic mass is 9.91. The number of rotatable bonds is 3. The number of nitrogens with two attached hydrogens (primary N) is 1. The van der Waals surface area contributed by atoms with Crippen LogP contribution in [-0.2, 0) is 5.67 Å². The van der Waals surface area contributed by atoms with Gasteiger partial charge in [-0.2, -0.15) is 26.3 Å². The number of alkyl halides is 10. The monoisotopic (exact) mass is 421 g/mol. The number of nitrogen functional groups attached to an aromatic ring is 1.